The summed E-state index contributed by atoms with van der Waals surface area (Å²) in [6.07, 6.45) is 11.4. The summed E-state index contributed by atoms with van der Waals surface area (Å²) >= 11 is 0. The van der Waals surface area contributed by atoms with E-state index in [1.807, 2.05) is 53.1 Å². The van der Waals surface area contributed by atoms with Crippen molar-refractivity contribution in [2.45, 2.75) is 91.2 Å². The summed E-state index contributed by atoms with van der Waals surface area (Å²) in [4.78, 5) is 13.7. The van der Waals surface area contributed by atoms with Gasteiger partial charge in [0.05, 0.1) is 19.2 Å². The summed E-state index contributed by atoms with van der Waals surface area (Å²) in [5, 5.41) is 0.874. The molecule has 0 aliphatic rings. The molecule has 5 nitrogen and oxygen atoms in total. The fraction of sp³-hybridized carbons (Fsp3) is 0.516. The van der Waals surface area contributed by atoms with E-state index < -0.39 is 0 Å². The van der Waals surface area contributed by atoms with E-state index >= 15 is 0 Å². The van der Waals surface area contributed by atoms with E-state index in [1.165, 1.54) is 38.5 Å². The molecule has 1 heterocycles. The number of fused-ring (bicyclic) bond motifs is 1. The minimum absolute atomic E-state index is 0.122. The standard InChI is InChI=1S/C31H43NO4/c1-4-6-8-10-11-15-21-32-28-23-26(36-24-25-17-13-12-14-18-25)19-20-27(28)29(34-3)30(31(32)33)35-22-16-9-7-5-2/h12-14,17-20,23H,4-11,15-16,21-22,24H2,1-3H3. The van der Waals surface area contributed by atoms with Crippen molar-refractivity contribution in [1.29, 1.82) is 0 Å². The largest absolute Gasteiger partial charge is 0.492 e. The summed E-state index contributed by atoms with van der Waals surface area (Å²) in [6, 6.07) is 16.0. The van der Waals surface area contributed by atoms with Gasteiger partial charge in [0.2, 0.25) is 5.75 Å². The molecular weight excluding hydrogens is 450 g/mol. The first kappa shape index (κ1) is 27.6. The molecule has 0 spiro atoms. The lowest BCUT2D eigenvalue weighted by Crippen LogP contribution is -2.24. The molecule has 2 aromatic carbocycles. The van der Waals surface area contributed by atoms with Gasteiger partial charge in [-0.1, -0.05) is 95.5 Å². The number of benzene rings is 2. The van der Waals surface area contributed by atoms with E-state index in [1.54, 1.807) is 7.11 Å². The normalized spacial score (nSPS) is 11.1. The topological polar surface area (TPSA) is 49.7 Å². The van der Waals surface area contributed by atoms with Crippen LogP contribution in [0.5, 0.6) is 17.2 Å². The van der Waals surface area contributed by atoms with Crippen LogP contribution in [0.1, 0.15) is 83.6 Å². The lowest BCUT2D eigenvalue weighted by molar-refractivity contribution is 0.280. The first-order valence-corrected chi connectivity index (χ1v) is 13.7. The van der Waals surface area contributed by atoms with E-state index in [2.05, 4.69) is 13.8 Å². The Kier molecular flexibility index (Phi) is 11.7. The highest BCUT2D eigenvalue weighted by Crippen LogP contribution is 2.35. The minimum atomic E-state index is -0.122. The van der Waals surface area contributed by atoms with Crippen LogP contribution in [0.4, 0.5) is 0 Å². The van der Waals surface area contributed by atoms with Crippen LogP contribution < -0.4 is 19.8 Å². The predicted octanol–water partition coefficient (Wildman–Crippen LogP) is 7.91. The average molecular weight is 494 g/mol. The molecule has 0 N–H and O–H groups in total. The fourth-order valence-corrected chi connectivity index (χ4v) is 4.51. The molecule has 0 unspecified atom stereocenters. The number of aromatic nitrogens is 1. The van der Waals surface area contributed by atoms with Crippen molar-refractivity contribution < 1.29 is 14.2 Å². The van der Waals surface area contributed by atoms with E-state index in [0.717, 1.165) is 47.9 Å². The quantitative estimate of drug-likeness (QED) is 0.179. The van der Waals surface area contributed by atoms with Crippen molar-refractivity contribution in [3.05, 3.63) is 64.4 Å². The number of pyridine rings is 1. The maximum atomic E-state index is 13.7. The predicted molar refractivity (Wildman–Crippen MR) is 149 cm³/mol. The summed E-state index contributed by atoms with van der Waals surface area (Å²) in [5.41, 5.74) is 1.81. The van der Waals surface area contributed by atoms with E-state index in [-0.39, 0.29) is 5.56 Å². The Balaban J connectivity index is 1.89. The van der Waals surface area contributed by atoms with Crippen molar-refractivity contribution in [1.82, 2.24) is 4.57 Å². The number of hydrogen-bond donors (Lipinski definition) is 0. The van der Waals surface area contributed by atoms with Crippen molar-refractivity contribution >= 4 is 10.9 Å². The van der Waals surface area contributed by atoms with E-state index in [9.17, 15) is 4.79 Å². The van der Waals surface area contributed by atoms with Crippen molar-refractivity contribution in [2.75, 3.05) is 13.7 Å². The van der Waals surface area contributed by atoms with Crippen molar-refractivity contribution in [3.8, 4) is 17.2 Å². The smallest absolute Gasteiger partial charge is 0.297 e. The van der Waals surface area contributed by atoms with Gasteiger partial charge in [-0.25, -0.2) is 0 Å². The second kappa shape index (κ2) is 15.2. The van der Waals surface area contributed by atoms with Crippen LogP contribution in [0.2, 0.25) is 0 Å². The van der Waals surface area contributed by atoms with Crippen molar-refractivity contribution in [2.24, 2.45) is 0 Å². The summed E-state index contributed by atoms with van der Waals surface area (Å²) in [5.74, 6) is 1.57. The van der Waals surface area contributed by atoms with Gasteiger partial charge in [0, 0.05) is 18.0 Å². The Bertz CT molecular complexity index is 1110. The Morgan fingerprint density at radius 1 is 0.750 bits per heavy atom. The number of unbranched alkanes of at least 4 members (excludes halogenated alkanes) is 8. The molecular formula is C31H43NO4. The Hall–Kier alpha value is -2.95. The molecule has 0 atom stereocenters. The Morgan fingerprint density at radius 2 is 1.44 bits per heavy atom. The highest BCUT2D eigenvalue weighted by atomic mass is 16.5. The second-order valence-corrected chi connectivity index (χ2v) is 9.45. The van der Waals surface area contributed by atoms with Gasteiger partial charge in [0.15, 0.2) is 5.75 Å². The van der Waals surface area contributed by atoms with Crippen LogP contribution in [-0.2, 0) is 13.2 Å². The molecule has 0 bridgehead atoms. The maximum absolute atomic E-state index is 13.7. The molecule has 0 fully saturated rings. The molecule has 0 saturated carbocycles. The van der Waals surface area contributed by atoms with Gasteiger partial charge in [-0.15, -0.1) is 0 Å². The molecule has 0 aliphatic heterocycles. The number of rotatable bonds is 17. The number of nitrogens with zero attached hydrogens (tertiary/aromatic N) is 1. The monoisotopic (exact) mass is 493 g/mol. The minimum Gasteiger partial charge on any atom is -0.492 e. The van der Waals surface area contributed by atoms with Crippen LogP contribution >= 0.6 is 0 Å². The van der Waals surface area contributed by atoms with Crippen LogP contribution in [-0.4, -0.2) is 18.3 Å². The third kappa shape index (κ3) is 7.78. The molecule has 0 radical (unpaired) electrons. The zero-order chi connectivity index (χ0) is 25.6. The van der Waals surface area contributed by atoms with Gasteiger partial charge in [-0.05, 0) is 30.5 Å². The number of aryl methyl sites for hydroxylation is 1. The zero-order valence-corrected chi connectivity index (χ0v) is 22.4. The van der Waals surface area contributed by atoms with Crippen LogP contribution in [0, 0.1) is 0 Å². The van der Waals surface area contributed by atoms with E-state index in [4.69, 9.17) is 14.2 Å². The first-order valence-electron chi connectivity index (χ1n) is 13.7. The third-order valence-electron chi connectivity index (χ3n) is 6.58. The van der Waals surface area contributed by atoms with Gasteiger partial charge >= 0.3 is 0 Å². The molecule has 0 saturated heterocycles. The highest BCUT2D eigenvalue weighted by molar-refractivity contribution is 5.89. The van der Waals surface area contributed by atoms with Gasteiger partial charge in [0.25, 0.3) is 5.56 Å². The molecule has 3 aromatic rings. The average Bonchev–Trinajstić information content (AvgIpc) is 2.91. The number of ether oxygens (including phenoxy) is 3. The second-order valence-electron chi connectivity index (χ2n) is 9.45. The summed E-state index contributed by atoms with van der Waals surface area (Å²) in [6.45, 7) is 6.06. The fourth-order valence-electron chi connectivity index (χ4n) is 4.51. The first-order chi connectivity index (χ1) is 17.7. The number of hydrogen-bond acceptors (Lipinski definition) is 4. The van der Waals surface area contributed by atoms with Gasteiger partial charge < -0.3 is 18.8 Å². The zero-order valence-electron chi connectivity index (χ0n) is 22.4. The van der Waals surface area contributed by atoms with Gasteiger partial charge in [-0.2, -0.15) is 0 Å². The van der Waals surface area contributed by atoms with Gasteiger partial charge in [-0.3, -0.25) is 4.79 Å². The lowest BCUT2D eigenvalue weighted by atomic mass is 10.1. The highest BCUT2D eigenvalue weighted by Gasteiger charge is 2.19. The van der Waals surface area contributed by atoms with Gasteiger partial charge in [0.1, 0.15) is 12.4 Å². The molecule has 0 aliphatic carbocycles. The molecule has 36 heavy (non-hydrogen) atoms. The van der Waals surface area contributed by atoms with Crippen LogP contribution in [0.25, 0.3) is 10.9 Å². The Labute approximate surface area is 216 Å². The molecule has 5 heteroatoms. The summed E-state index contributed by atoms with van der Waals surface area (Å²) in [7, 11) is 1.61. The van der Waals surface area contributed by atoms with Crippen LogP contribution in [0.15, 0.2) is 53.3 Å². The third-order valence-corrected chi connectivity index (χ3v) is 6.58. The van der Waals surface area contributed by atoms with Crippen LogP contribution in [0.3, 0.4) is 0 Å². The molecule has 0 amide bonds. The summed E-state index contributed by atoms with van der Waals surface area (Å²) < 4.78 is 19.7. The molecule has 196 valence electrons. The number of methoxy groups -OCH3 is 1. The lowest BCUT2D eigenvalue weighted by Gasteiger charge is -2.18. The van der Waals surface area contributed by atoms with Crippen molar-refractivity contribution in [3.63, 3.8) is 0 Å². The maximum Gasteiger partial charge on any atom is 0.297 e. The molecule has 1 aromatic heterocycles. The SMILES string of the molecule is CCCCCCCCn1c(=O)c(OCCCCCC)c(OC)c2ccc(OCc3ccccc3)cc21. The molecule has 3 rings (SSSR count). The Morgan fingerprint density at radius 3 is 2.17 bits per heavy atom. The van der Waals surface area contributed by atoms with E-state index in [0.29, 0.717) is 31.3 Å².